The molecule has 1 aromatic carbocycles. The van der Waals surface area contributed by atoms with Gasteiger partial charge in [0.2, 0.25) is 0 Å². The van der Waals surface area contributed by atoms with Gasteiger partial charge in [-0.1, -0.05) is 30.9 Å². The van der Waals surface area contributed by atoms with Gasteiger partial charge in [0.25, 0.3) is 0 Å². The van der Waals surface area contributed by atoms with Crippen LogP contribution in [0.25, 0.3) is 0 Å². The maximum atomic E-state index is 12.5. The summed E-state index contributed by atoms with van der Waals surface area (Å²) in [6, 6.07) is 3.57. The van der Waals surface area contributed by atoms with Gasteiger partial charge in [-0.25, -0.2) is 0 Å². The molecule has 0 aliphatic heterocycles. The maximum absolute atomic E-state index is 12.5. The fourth-order valence-corrected chi connectivity index (χ4v) is 3.04. The minimum atomic E-state index is 0.144. The van der Waals surface area contributed by atoms with E-state index in [0.717, 1.165) is 31.2 Å². The Balaban J connectivity index is 2.33. The Kier molecular flexibility index (Phi) is 4.28. The van der Waals surface area contributed by atoms with Crippen LogP contribution in [-0.4, -0.2) is 12.9 Å². The molecule has 0 amide bonds. The fourth-order valence-electron chi connectivity index (χ4n) is 2.77. The van der Waals surface area contributed by atoms with E-state index in [-0.39, 0.29) is 11.7 Å². The van der Waals surface area contributed by atoms with Crippen LogP contribution in [0, 0.1) is 12.8 Å². The van der Waals surface area contributed by atoms with Crippen molar-refractivity contribution in [3.63, 3.8) is 0 Å². The lowest BCUT2D eigenvalue weighted by Crippen LogP contribution is -2.18. The molecular formula is C15H19ClO2. The summed E-state index contributed by atoms with van der Waals surface area (Å²) in [6.07, 6.45) is 5.53. The predicted octanol–water partition coefficient (Wildman–Crippen LogP) is 4.42. The van der Waals surface area contributed by atoms with Crippen molar-refractivity contribution in [1.29, 1.82) is 0 Å². The molecule has 1 aliphatic carbocycles. The van der Waals surface area contributed by atoms with Crippen molar-refractivity contribution in [1.82, 2.24) is 0 Å². The highest BCUT2D eigenvalue weighted by molar-refractivity contribution is 6.31. The number of ether oxygens (including phenoxy) is 1. The van der Waals surface area contributed by atoms with Crippen LogP contribution in [-0.2, 0) is 0 Å². The zero-order valence-electron chi connectivity index (χ0n) is 11.0. The molecule has 0 unspecified atom stereocenters. The smallest absolute Gasteiger partial charge is 0.169 e. The first-order valence-electron chi connectivity index (χ1n) is 6.52. The molecule has 1 aromatic rings. The van der Waals surface area contributed by atoms with E-state index in [4.69, 9.17) is 16.3 Å². The molecule has 0 spiro atoms. The normalized spacial score (nSPS) is 16.6. The minimum Gasteiger partial charge on any atom is -0.496 e. The molecule has 1 aliphatic rings. The summed E-state index contributed by atoms with van der Waals surface area (Å²) < 4.78 is 5.36. The summed E-state index contributed by atoms with van der Waals surface area (Å²) in [5.41, 5.74) is 1.57. The summed E-state index contributed by atoms with van der Waals surface area (Å²) in [5, 5.41) is 0.604. The number of methoxy groups -OCH3 is 1. The Morgan fingerprint density at radius 3 is 2.56 bits per heavy atom. The molecule has 0 radical (unpaired) electrons. The fraction of sp³-hybridized carbons (Fsp3) is 0.533. The first kappa shape index (κ1) is 13.4. The van der Waals surface area contributed by atoms with Crippen LogP contribution < -0.4 is 4.74 Å². The van der Waals surface area contributed by atoms with Crippen LogP contribution in [0.4, 0.5) is 0 Å². The van der Waals surface area contributed by atoms with E-state index in [2.05, 4.69) is 0 Å². The largest absolute Gasteiger partial charge is 0.496 e. The number of carbonyl (C=O) groups excluding carboxylic acids is 1. The lowest BCUT2D eigenvalue weighted by molar-refractivity contribution is 0.0886. The Morgan fingerprint density at radius 1 is 1.28 bits per heavy atom. The molecule has 2 nitrogen and oxygen atoms in total. The molecule has 0 atom stereocenters. The van der Waals surface area contributed by atoms with Crippen LogP contribution in [0.15, 0.2) is 12.1 Å². The predicted molar refractivity (Wildman–Crippen MR) is 73.6 cm³/mol. The van der Waals surface area contributed by atoms with Crippen molar-refractivity contribution in [2.24, 2.45) is 5.92 Å². The standard InChI is InChI=1S/C15H19ClO2/c1-10-8-12(16)9-13(15(10)18-2)14(17)11-6-4-3-5-7-11/h8-9,11H,3-7H2,1-2H3. The Bertz CT molecular complexity index is 448. The molecule has 0 bridgehead atoms. The second kappa shape index (κ2) is 5.75. The van der Waals surface area contributed by atoms with Crippen molar-refractivity contribution in [2.75, 3.05) is 7.11 Å². The Morgan fingerprint density at radius 2 is 1.94 bits per heavy atom. The highest BCUT2D eigenvalue weighted by atomic mass is 35.5. The van der Waals surface area contributed by atoms with E-state index in [1.165, 1.54) is 6.42 Å². The third-order valence-corrected chi connectivity index (χ3v) is 3.90. The number of halogens is 1. The third-order valence-electron chi connectivity index (χ3n) is 3.68. The SMILES string of the molecule is COc1c(C)cc(Cl)cc1C(=O)C1CCCCC1. The highest BCUT2D eigenvalue weighted by Gasteiger charge is 2.25. The van der Waals surface area contributed by atoms with E-state index in [9.17, 15) is 4.79 Å². The first-order valence-corrected chi connectivity index (χ1v) is 6.89. The number of benzene rings is 1. The van der Waals surface area contributed by atoms with Crippen molar-refractivity contribution < 1.29 is 9.53 Å². The van der Waals surface area contributed by atoms with E-state index >= 15 is 0 Å². The minimum absolute atomic E-state index is 0.144. The Hall–Kier alpha value is -1.02. The van der Waals surface area contributed by atoms with Crippen LogP contribution >= 0.6 is 11.6 Å². The van der Waals surface area contributed by atoms with E-state index in [1.807, 2.05) is 13.0 Å². The van der Waals surface area contributed by atoms with Crippen LogP contribution in [0.5, 0.6) is 5.75 Å². The summed E-state index contributed by atoms with van der Waals surface area (Å²) in [6.45, 7) is 1.92. The van der Waals surface area contributed by atoms with Gasteiger partial charge in [-0.15, -0.1) is 0 Å². The number of carbonyl (C=O) groups is 1. The van der Waals surface area contributed by atoms with Gasteiger partial charge in [0.15, 0.2) is 5.78 Å². The monoisotopic (exact) mass is 266 g/mol. The summed E-state index contributed by atoms with van der Waals surface area (Å²) >= 11 is 6.05. The second-order valence-electron chi connectivity index (χ2n) is 5.00. The van der Waals surface area contributed by atoms with Crippen molar-refractivity contribution in [2.45, 2.75) is 39.0 Å². The summed E-state index contributed by atoms with van der Waals surface area (Å²) in [5.74, 6) is 1.01. The van der Waals surface area contributed by atoms with Crippen LogP contribution in [0.1, 0.15) is 48.0 Å². The molecule has 18 heavy (non-hydrogen) atoms. The highest BCUT2D eigenvalue weighted by Crippen LogP contribution is 2.33. The average molecular weight is 267 g/mol. The molecule has 0 saturated heterocycles. The molecule has 0 heterocycles. The molecule has 98 valence electrons. The van der Waals surface area contributed by atoms with Crippen LogP contribution in [0.3, 0.4) is 0 Å². The Labute approximate surface area is 113 Å². The van der Waals surface area contributed by atoms with Gasteiger partial charge in [0.05, 0.1) is 12.7 Å². The third kappa shape index (κ3) is 2.69. The first-order chi connectivity index (χ1) is 8.63. The van der Waals surface area contributed by atoms with Crippen molar-refractivity contribution in [3.8, 4) is 5.75 Å². The number of Topliss-reactive ketones (excluding diaryl/α,β-unsaturated/α-hetero) is 1. The number of hydrogen-bond donors (Lipinski definition) is 0. The zero-order valence-corrected chi connectivity index (χ0v) is 11.7. The molecule has 1 fully saturated rings. The number of rotatable bonds is 3. The van der Waals surface area contributed by atoms with Gasteiger partial charge in [-0.2, -0.15) is 0 Å². The van der Waals surface area contributed by atoms with Gasteiger partial charge in [-0.3, -0.25) is 4.79 Å². The van der Waals surface area contributed by atoms with Crippen LogP contribution in [0.2, 0.25) is 5.02 Å². The summed E-state index contributed by atoms with van der Waals surface area (Å²) in [4.78, 5) is 12.5. The molecule has 0 aromatic heterocycles. The number of ketones is 1. The molecule has 2 rings (SSSR count). The lowest BCUT2D eigenvalue weighted by Gasteiger charge is -2.21. The molecule has 0 N–H and O–H groups in total. The molecular weight excluding hydrogens is 248 g/mol. The number of hydrogen-bond acceptors (Lipinski definition) is 2. The zero-order chi connectivity index (χ0) is 13.1. The number of aryl methyl sites for hydroxylation is 1. The van der Waals surface area contributed by atoms with Gasteiger partial charge in [-0.05, 0) is 37.5 Å². The van der Waals surface area contributed by atoms with E-state index in [1.54, 1.807) is 13.2 Å². The van der Waals surface area contributed by atoms with Gasteiger partial charge >= 0.3 is 0 Å². The molecule has 3 heteroatoms. The van der Waals surface area contributed by atoms with Gasteiger partial charge < -0.3 is 4.74 Å². The summed E-state index contributed by atoms with van der Waals surface area (Å²) in [7, 11) is 1.61. The second-order valence-corrected chi connectivity index (χ2v) is 5.44. The quantitative estimate of drug-likeness (QED) is 0.757. The van der Waals surface area contributed by atoms with Gasteiger partial charge in [0, 0.05) is 10.9 Å². The average Bonchev–Trinajstić information content (AvgIpc) is 2.38. The lowest BCUT2D eigenvalue weighted by atomic mass is 9.83. The van der Waals surface area contributed by atoms with E-state index in [0.29, 0.717) is 16.3 Å². The van der Waals surface area contributed by atoms with E-state index < -0.39 is 0 Å². The van der Waals surface area contributed by atoms with Gasteiger partial charge in [0.1, 0.15) is 5.75 Å². The van der Waals surface area contributed by atoms with Crippen molar-refractivity contribution >= 4 is 17.4 Å². The maximum Gasteiger partial charge on any atom is 0.169 e. The molecule has 1 saturated carbocycles. The van der Waals surface area contributed by atoms with Crippen molar-refractivity contribution in [3.05, 3.63) is 28.3 Å². The topological polar surface area (TPSA) is 26.3 Å².